The Morgan fingerprint density at radius 1 is 1.35 bits per heavy atom. The lowest BCUT2D eigenvalue weighted by Gasteiger charge is -2.24. The molecular formula is C24H20BrClN2O4S2. The molecule has 3 aromatic rings. The lowest BCUT2D eigenvalue weighted by atomic mass is 9.96. The van der Waals surface area contributed by atoms with Crippen molar-refractivity contribution in [2.45, 2.75) is 24.8 Å². The van der Waals surface area contributed by atoms with E-state index in [1.165, 1.54) is 15.9 Å². The van der Waals surface area contributed by atoms with Crippen LogP contribution in [0.25, 0.3) is 6.08 Å². The van der Waals surface area contributed by atoms with Crippen molar-refractivity contribution in [3.8, 4) is 5.75 Å². The number of phenolic OH excluding ortho intramolecular Hbond substituents is 1. The van der Waals surface area contributed by atoms with Crippen LogP contribution >= 0.6 is 50.6 Å². The van der Waals surface area contributed by atoms with Crippen LogP contribution in [0.5, 0.6) is 5.75 Å². The molecule has 2 heterocycles. The highest BCUT2D eigenvalue weighted by Crippen LogP contribution is 2.33. The van der Waals surface area contributed by atoms with Crippen LogP contribution < -0.4 is 14.9 Å². The Balaban J connectivity index is 1.97. The SMILES string of the molecule is CCOC(=O)C1=C(C)N=c2s/c(=C\c3cc(Cl)cc(Br)c3O)c(=O)n2[C@@H]1c1ccc(SC)cc1. The predicted molar refractivity (Wildman–Crippen MR) is 139 cm³/mol. The fourth-order valence-corrected chi connectivity index (χ4v) is 6.01. The molecule has 2 aromatic carbocycles. The fraction of sp³-hybridized carbons (Fsp3) is 0.208. The molecule has 1 aromatic heterocycles. The smallest absolute Gasteiger partial charge is 0.338 e. The van der Waals surface area contributed by atoms with E-state index in [-0.39, 0.29) is 17.9 Å². The normalized spacial score (nSPS) is 15.8. The highest BCUT2D eigenvalue weighted by Gasteiger charge is 2.33. The van der Waals surface area contributed by atoms with E-state index in [1.54, 1.807) is 43.8 Å². The van der Waals surface area contributed by atoms with Crippen LogP contribution in [0.1, 0.15) is 31.0 Å². The molecular weight excluding hydrogens is 560 g/mol. The summed E-state index contributed by atoms with van der Waals surface area (Å²) in [5, 5.41) is 10.8. The third-order valence-corrected chi connectivity index (χ3v) is 7.84. The zero-order chi connectivity index (χ0) is 24.6. The molecule has 1 atom stereocenters. The van der Waals surface area contributed by atoms with Crippen LogP contribution in [0.3, 0.4) is 0 Å². The maximum absolute atomic E-state index is 13.6. The number of aromatic nitrogens is 1. The van der Waals surface area contributed by atoms with Crippen LogP contribution in [0.4, 0.5) is 0 Å². The van der Waals surface area contributed by atoms with E-state index in [1.807, 2.05) is 30.5 Å². The molecule has 0 saturated heterocycles. The van der Waals surface area contributed by atoms with Crippen molar-refractivity contribution in [3.63, 3.8) is 0 Å². The summed E-state index contributed by atoms with van der Waals surface area (Å²) < 4.78 is 7.60. The summed E-state index contributed by atoms with van der Waals surface area (Å²) >= 11 is 12.2. The zero-order valence-electron chi connectivity index (χ0n) is 18.5. The second-order valence-corrected chi connectivity index (χ2v) is 10.6. The molecule has 0 aliphatic carbocycles. The molecule has 1 aliphatic heterocycles. The Kier molecular flexibility index (Phi) is 7.37. The van der Waals surface area contributed by atoms with Crippen molar-refractivity contribution in [2.24, 2.45) is 4.99 Å². The number of nitrogens with zero attached hydrogens (tertiary/aromatic N) is 2. The molecule has 0 amide bonds. The van der Waals surface area contributed by atoms with Crippen molar-refractivity contribution in [1.29, 1.82) is 0 Å². The molecule has 1 N–H and O–H groups in total. The Labute approximate surface area is 217 Å². The van der Waals surface area contributed by atoms with Crippen molar-refractivity contribution in [3.05, 3.63) is 88.0 Å². The van der Waals surface area contributed by atoms with Crippen LogP contribution in [0.15, 0.2) is 66.8 Å². The topological polar surface area (TPSA) is 80.9 Å². The van der Waals surface area contributed by atoms with Crippen molar-refractivity contribution in [1.82, 2.24) is 4.57 Å². The van der Waals surface area contributed by atoms with Crippen LogP contribution in [0.2, 0.25) is 5.02 Å². The Morgan fingerprint density at radius 3 is 2.71 bits per heavy atom. The number of thioether (sulfide) groups is 1. The Hall–Kier alpha value is -2.33. The first-order valence-electron chi connectivity index (χ1n) is 10.3. The first-order chi connectivity index (χ1) is 16.2. The largest absolute Gasteiger partial charge is 0.506 e. The summed E-state index contributed by atoms with van der Waals surface area (Å²) in [6.45, 7) is 3.69. The number of esters is 1. The third kappa shape index (κ3) is 4.62. The van der Waals surface area contributed by atoms with E-state index in [4.69, 9.17) is 16.3 Å². The molecule has 6 nitrogen and oxygen atoms in total. The number of halogens is 2. The summed E-state index contributed by atoms with van der Waals surface area (Å²) in [6.07, 6.45) is 3.56. The average Bonchev–Trinajstić information content (AvgIpc) is 3.10. The van der Waals surface area contributed by atoms with E-state index in [0.29, 0.717) is 35.7 Å². The summed E-state index contributed by atoms with van der Waals surface area (Å²) in [4.78, 5) is 32.6. The van der Waals surface area contributed by atoms with Gasteiger partial charge in [-0.25, -0.2) is 9.79 Å². The standard InChI is InChI=1S/C24H20BrClN2O4S2/c1-4-32-23(31)19-12(2)27-24-28(20(19)13-5-7-16(33-3)8-6-13)22(30)18(34-24)10-14-9-15(26)11-17(25)21(14)29/h5-11,20,29H,4H2,1-3H3/b18-10-/t20-/m1/s1. The number of fused-ring (bicyclic) bond motifs is 1. The molecule has 0 unspecified atom stereocenters. The maximum Gasteiger partial charge on any atom is 0.338 e. The monoisotopic (exact) mass is 578 g/mol. The number of rotatable bonds is 5. The number of thiazole rings is 1. The second-order valence-electron chi connectivity index (χ2n) is 7.40. The molecule has 4 rings (SSSR count). The van der Waals surface area contributed by atoms with Gasteiger partial charge in [0.1, 0.15) is 5.75 Å². The van der Waals surface area contributed by atoms with E-state index >= 15 is 0 Å². The van der Waals surface area contributed by atoms with Gasteiger partial charge in [0.15, 0.2) is 4.80 Å². The highest BCUT2D eigenvalue weighted by atomic mass is 79.9. The first kappa shape index (κ1) is 24.8. The van der Waals surface area contributed by atoms with Gasteiger partial charge in [0.05, 0.1) is 32.9 Å². The maximum atomic E-state index is 13.6. The lowest BCUT2D eigenvalue weighted by Crippen LogP contribution is -2.39. The fourth-order valence-electron chi connectivity index (χ4n) is 3.73. The van der Waals surface area contributed by atoms with Crippen LogP contribution in [0, 0.1) is 0 Å². The van der Waals surface area contributed by atoms with Gasteiger partial charge in [-0.3, -0.25) is 9.36 Å². The summed E-state index contributed by atoms with van der Waals surface area (Å²) in [5.41, 5.74) is 1.67. The summed E-state index contributed by atoms with van der Waals surface area (Å²) in [5.74, 6) is -0.531. The van der Waals surface area contributed by atoms with Crippen LogP contribution in [-0.2, 0) is 9.53 Å². The molecule has 1 aliphatic rings. The van der Waals surface area contributed by atoms with Crippen molar-refractivity contribution in [2.75, 3.05) is 12.9 Å². The van der Waals surface area contributed by atoms with Gasteiger partial charge in [0, 0.05) is 15.5 Å². The first-order valence-corrected chi connectivity index (χ1v) is 13.5. The lowest BCUT2D eigenvalue weighted by molar-refractivity contribution is -0.139. The van der Waals surface area contributed by atoms with Gasteiger partial charge >= 0.3 is 5.97 Å². The van der Waals surface area contributed by atoms with Gasteiger partial charge in [-0.2, -0.15) is 0 Å². The molecule has 0 radical (unpaired) electrons. The van der Waals surface area contributed by atoms with Gasteiger partial charge in [0.25, 0.3) is 5.56 Å². The van der Waals surface area contributed by atoms with E-state index < -0.39 is 12.0 Å². The van der Waals surface area contributed by atoms with Gasteiger partial charge in [0.2, 0.25) is 0 Å². The Bertz CT molecular complexity index is 1490. The van der Waals surface area contributed by atoms with Gasteiger partial charge in [-0.15, -0.1) is 11.8 Å². The molecule has 0 spiro atoms. The Morgan fingerprint density at radius 2 is 2.06 bits per heavy atom. The summed E-state index contributed by atoms with van der Waals surface area (Å²) in [6, 6.07) is 10.2. The van der Waals surface area contributed by atoms with Gasteiger partial charge < -0.3 is 9.84 Å². The summed E-state index contributed by atoms with van der Waals surface area (Å²) in [7, 11) is 0. The molecule has 176 valence electrons. The zero-order valence-corrected chi connectivity index (χ0v) is 22.4. The molecule has 0 fully saturated rings. The molecule has 34 heavy (non-hydrogen) atoms. The number of allylic oxidation sites excluding steroid dienone is 1. The molecule has 0 bridgehead atoms. The number of ether oxygens (including phenoxy) is 1. The number of hydrogen-bond acceptors (Lipinski definition) is 7. The minimum Gasteiger partial charge on any atom is -0.506 e. The minimum absolute atomic E-state index is 0.0252. The number of benzene rings is 2. The molecule has 10 heteroatoms. The molecule has 0 saturated carbocycles. The van der Waals surface area contributed by atoms with Gasteiger partial charge in [-0.1, -0.05) is 35.1 Å². The number of carbonyl (C=O) groups excluding carboxylic acids is 1. The van der Waals surface area contributed by atoms with Crippen molar-refractivity contribution < 1.29 is 14.6 Å². The third-order valence-electron chi connectivity index (χ3n) is 5.29. The van der Waals surface area contributed by atoms with E-state index in [0.717, 1.165) is 10.5 Å². The van der Waals surface area contributed by atoms with Gasteiger partial charge in [-0.05, 0) is 71.9 Å². The number of carbonyl (C=O) groups is 1. The average molecular weight is 580 g/mol. The highest BCUT2D eigenvalue weighted by molar-refractivity contribution is 9.10. The second kappa shape index (κ2) is 10.1. The van der Waals surface area contributed by atoms with E-state index in [9.17, 15) is 14.7 Å². The minimum atomic E-state index is -0.687. The van der Waals surface area contributed by atoms with Crippen LogP contribution in [-0.4, -0.2) is 28.5 Å². The number of phenols is 1. The predicted octanol–water partition coefficient (Wildman–Crippen LogP) is 4.64. The quantitative estimate of drug-likeness (QED) is 0.352. The number of hydrogen-bond donors (Lipinski definition) is 1. The van der Waals surface area contributed by atoms with E-state index in [2.05, 4.69) is 20.9 Å². The van der Waals surface area contributed by atoms with Crippen molar-refractivity contribution >= 4 is 62.7 Å². The number of aromatic hydroxyl groups is 1.